The SMILES string of the molecule is N#Cc1ccc(C(=O)Nc2c(F)cccc2Cl)nc1. The zero-order valence-corrected chi connectivity index (χ0v) is 10.3. The molecule has 0 aliphatic rings. The van der Waals surface area contributed by atoms with Crippen LogP contribution in [0.15, 0.2) is 36.5 Å². The van der Waals surface area contributed by atoms with Gasteiger partial charge < -0.3 is 5.32 Å². The minimum absolute atomic E-state index is 0.0679. The summed E-state index contributed by atoms with van der Waals surface area (Å²) in [5.74, 6) is -1.23. The van der Waals surface area contributed by atoms with Crippen molar-refractivity contribution in [3.8, 4) is 6.07 Å². The third-order valence-corrected chi connectivity index (χ3v) is 2.64. The molecule has 4 nitrogen and oxygen atoms in total. The van der Waals surface area contributed by atoms with Gasteiger partial charge in [-0.15, -0.1) is 0 Å². The molecule has 0 spiro atoms. The number of nitrogens with one attached hydrogen (secondary N) is 1. The third-order valence-electron chi connectivity index (χ3n) is 2.33. The van der Waals surface area contributed by atoms with E-state index in [9.17, 15) is 9.18 Å². The van der Waals surface area contributed by atoms with Gasteiger partial charge in [0.05, 0.1) is 16.3 Å². The number of aromatic nitrogens is 1. The van der Waals surface area contributed by atoms with Crippen LogP contribution in [0.25, 0.3) is 0 Å². The van der Waals surface area contributed by atoms with E-state index in [1.165, 1.54) is 36.5 Å². The van der Waals surface area contributed by atoms with Gasteiger partial charge in [0, 0.05) is 6.20 Å². The molecule has 2 aromatic rings. The highest BCUT2D eigenvalue weighted by atomic mass is 35.5. The molecule has 0 fully saturated rings. The lowest BCUT2D eigenvalue weighted by atomic mass is 10.2. The zero-order valence-electron chi connectivity index (χ0n) is 9.52. The van der Waals surface area contributed by atoms with Crippen LogP contribution in [0.1, 0.15) is 16.1 Å². The van der Waals surface area contributed by atoms with Crippen molar-refractivity contribution in [1.82, 2.24) is 4.98 Å². The molecule has 0 saturated carbocycles. The van der Waals surface area contributed by atoms with E-state index in [0.717, 1.165) is 0 Å². The van der Waals surface area contributed by atoms with E-state index >= 15 is 0 Å². The molecule has 1 heterocycles. The van der Waals surface area contributed by atoms with Gasteiger partial charge in [-0.3, -0.25) is 4.79 Å². The first kappa shape index (κ1) is 13.0. The number of benzene rings is 1. The zero-order chi connectivity index (χ0) is 13.8. The molecule has 0 unspecified atom stereocenters. The van der Waals surface area contributed by atoms with Crippen molar-refractivity contribution in [2.75, 3.05) is 5.32 Å². The summed E-state index contributed by atoms with van der Waals surface area (Å²) in [6, 6.07) is 8.80. The number of carbonyl (C=O) groups excluding carboxylic acids is 1. The first-order valence-electron chi connectivity index (χ1n) is 5.23. The van der Waals surface area contributed by atoms with Crippen LogP contribution >= 0.6 is 11.6 Å². The summed E-state index contributed by atoms with van der Waals surface area (Å²) in [4.78, 5) is 15.6. The molecule has 0 aliphatic heterocycles. The first-order valence-corrected chi connectivity index (χ1v) is 5.61. The molecule has 94 valence electrons. The highest BCUT2D eigenvalue weighted by molar-refractivity contribution is 6.33. The number of hydrogen-bond acceptors (Lipinski definition) is 3. The van der Waals surface area contributed by atoms with Crippen LogP contribution in [-0.4, -0.2) is 10.9 Å². The van der Waals surface area contributed by atoms with Crippen LogP contribution in [0.5, 0.6) is 0 Å². The van der Waals surface area contributed by atoms with E-state index in [4.69, 9.17) is 16.9 Å². The summed E-state index contributed by atoms with van der Waals surface area (Å²) in [5, 5.41) is 11.1. The second-order valence-electron chi connectivity index (χ2n) is 3.59. The molecule has 0 atom stereocenters. The molecular formula is C13H7ClFN3O. The van der Waals surface area contributed by atoms with Crippen LogP contribution in [0, 0.1) is 17.1 Å². The van der Waals surface area contributed by atoms with Gasteiger partial charge in [-0.1, -0.05) is 17.7 Å². The summed E-state index contributed by atoms with van der Waals surface area (Å²) < 4.78 is 13.5. The molecule has 19 heavy (non-hydrogen) atoms. The van der Waals surface area contributed by atoms with Gasteiger partial charge in [0.2, 0.25) is 0 Å². The average molecular weight is 276 g/mol. The number of halogens is 2. The van der Waals surface area contributed by atoms with Gasteiger partial charge in [0.15, 0.2) is 0 Å². The Hall–Kier alpha value is -2.45. The predicted molar refractivity (Wildman–Crippen MR) is 68.3 cm³/mol. The van der Waals surface area contributed by atoms with Crippen molar-refractivity contribution in [2.24, 2.45) is 0 Å². The van der Waals surface area contributed by atoms with Crippen molar-refractivity contribution in [2.45, 2.75) is 0 Å². The molecule has 1 N–H and O–H groups in total. The van der Waals surface area contributed by atoms with E-state index in [2.05, 4.69) is 10.3 Å². The van der Waals surface area contributed by atoms with Gasteiger partial charge in [-0.05, 0) is 24.3 Å². The maximum Gasteiger partial charge on any atom is 0.274 e. The van der Waals surface area contributed by atoms with Gasteiger partial charge in [0.25, 0.3) is 5.91 Å². The van der Waals surface area contributed by atoms with Crippen LogP contribution in [-0.2, 0) is 0 Å². The minimum Gasteiger partial charge on any atom is -0.317 e. The molecule has 0 bridgehead atoms. The smallest absolute Gasteiger partial charge is 0.274 e. The lowest BCUT2D eigenvalue weighted by Gasteiger charge is -2.07. The van der Waals surface area contributed by atoms with E-state index in [1.807, 2.05) is 6.07 Å². The minimum atomic E-state index is -0.630. The number of carbonyl (C=O) groups is 1. The highest BCUT2D eigenvalue weighted by Crippen LogP contribution is 2.24. The standard InChI is InChI=1S/C13H7ClFN3O/c14-9-2-1-3-10(15)12(9)18-13(19)11-5-4-8(6-16)7-17-11/h1-5,7H,(H,18,19). The van der Waals surface area contributed by atoms with Crippen LogP contribution in [0.3, 0.4) is 0 Å². The summed E-state index contributed by atoms with van der Waals surface area (Å²) in [7, 11) is 0. The van der Waals surface area contributed by atoms with Gasteiger partial charge in [-0.25, -0.2) is 9.37 Å². The van der Waals surface area contributed by atoms with Crippen molar-refractivity contribution in [1.29, 1.82) is 5.26 Å². The topological polar surface area (TPSA) is 65.8 Å². The normalized spacial score (nSPS) is 9.74. The molecule has 0 saturated heterocycles. The van der Waals surface area contributed by atoms with Gasteiger partial charge in [0.1, 0.15) is 17.6 Å². The highest BCUT2D eigenvalue weighted by Gasteiger charge is 2.13. The summed E-state index contributed by atoms with van der Waals surface area (Å²) in [6.45, 7) is 0. The van der Waals surface area contributed by atoms with E-state index < -0.39 is 11.7 Å². The summed E-state index contributed by atoms with van der Waals surface area (Å²) in [5.41, 5.74) is 0.305. The summed E-state index contributed by atoms with van der Waals surface area (Å²) in [6.07, 6.45) is 1.26. The Kier molecular flexibility index (Phi) is 3.74. The Labute approximate surface area is 113 Å². The maximum absolute atomic E-state index is 13.5. The summed E-state index contributed by atoms with van der Waals surface area (Å²) >= 11 is 5.79. The fraction of sp³-hybridized carbons (Fsp3) is 0. The Morgan fingerprint density at radius 1 is 1.37 bits per heavy atom. The maximum atomic E-state index is 13.5. The van der Waals surface area contributed by atoms with Crippen LogP contribution in [0.4, 0.5) is 10.1 Å². The Morgan fingerprint density at radius 3 is 2.74 bits per heavy atom. The first-order chi connectivity index (χ1) is 9.11. The number of para-hydroxylation sites is 1. The van der Waals surface area contributed by atoms with Gasteiger partial charge in [-0.2, -0.15) is 5.26 Å². The van der Waals surface area contributed by atoms with Gasteiger partial charge >= 0.3 is 0 Å². The largest absolute Gasteiger partial charge is 0.317 e. The third kappa shape index (κ3) is 2.87. The average Bonchev–Trinajstić information content (AvgIpc) is 2.43. The van der Waals surface area contributed by atoms with E-state index in [-0.39, 0.29) is 16.4 Å². The van der Waals surface area contributed by atoms with Crippen molar-refractivity contribution < 1.29 is 9.18 Å². The number of hydrogen-bond donors (Lipinski definition) is 1. The molecule has 6 heteroatoms. The number of pyridine rings is 1. The lowest BCUT2D eigenvalue weighted by Crippen LogP contribution is -2.14. The number of nitrogens with zero attached hydrogens (tertiary/aromatic N) is 2. The van der Waals surface area contributed by atoms with Crippen LogP contribution in [0.2, 0.25) is 5.02 Å². The monoisotopic (exact) mass is 275 g/mol. The second-order valence-corrected chi connectivity index (χ2v) is 4.00. The molecule has 1 amide bonds. The Bertz CT molecular complexity index is 644. The number of amides is 1. The Morgan fingerprint density at radius 2 is 2.16 bits per heavy atom. The van der Waals surface area contributed by atoms with E-state index in [0.29, 0.717) is 5.56 Å². The Balaban J connectivity index is 2.23. The van der Waals surface area contributed by atoms with Crippen molar-refractivity contribution >= 4 is 23.2 Å². The molecule has 0 radical (unpaired) electrons. The number of nitriles is 1. The lowest BCUT2D eigenvalue weighted by molar-refractivity contribution is 0.102. The van der Waals surface area contributed by atoms with Crippen molar-refractivity contribution in [3.05, 3.63) is 58.6 Å². The number of rotatable bonds is 2. The molecule has 0 aliphatic carbocycles. The molecule has 1 aromatic carbocycles. The fourth-order valence-corrected chi connectivity index (χ4v) is 1.60. The number of anilines is 1. The predicted octanol–water partition coefficient (Wildman–Crippen LogP) is 3.00. The van der Waals surface area contributed by atoms with Crippen molar-refractivity contribution in [3.63, 3.8) is 0 Å². The van der Waals surface area contributed by atoms with Crippen LogP contribution < -0.4 is 5.32 Å². The molecule has 1 aromatic heterocycles. The fourth-order valence-electron chi connectivity index (χ4n) is 1.39. The van der Waals surface area contributed by atoms with E-state index in [1.54, 1.807) is 0 Å². The quantitative estimate of drug-likeness (QED) is 0.916. The molecular weight excluding hydrogens is 269 g/mol. The second kappa shape index (κ2) is 5.46. The molecule has 2 rings (SSSR count).